The Morgan fingerprint density at radius 2 is 1.95 bits per heavy atom. The van der Waals surface area contributed by atoms with Crippen molar-refractivity contribution in [2.75, 3.05) is 20.1 Å². The minimum Gasteiger partial charge on any atom is -0.444 e. The van der Waals surface area contributed by atoms with E-state index in [1.165, 1.54) is 0 Å². The number of likely N-dealkylation sites (N-methyl/N-ethyl adjacent to an activating group) is 1. The van der Waals surface area contributed by atoms with Crippen LogP contribution >= 0.6 is 0 Å². The first kappa shape index (κ1) is 16.3. The Morgan fingerprint density at radius 1 is 1.36 bits per heavy atom. The highest BCUT2D eigenvalue weighted by atomic mass is 16.6. The van der Waals surface area contributed by atoms with Crippen molar-refractivity contribution in [2.45, 2.75) is 38.5 Å². The number of rotatable bonds is 3. The predicted octanol–water partition coefficient (Wildman–Crippen LogP) is 2.63. The van der Waals surface area contributed by atoms with Crippen LogP contribution in [0, 0.1) is 11.3 Å². The highest BCUT2D eigenvalue weighted by Crippen LogP contribution is 2.29. The van der Waals surface area contributed by atoms with E-state index in [1.54, 1.807) is 4.90 Å². The molecule has 0 saturated carbocycles. The molecule has 0 atom stereocenters. The molecule has 1 saturated heterocycles. The fraction of sp³-hybridized carbons (Fsp3) is 0.529. The smallest absolute Gasteiger partial charge is 0.410 e. The van der Waals surface area contributed by atoms with Crippen molar-refractivity contribution in [1.29, 1.82) is 5.26 Å². The standard InChI is InChI=1S/C17H23N3O2/c1-16(2,3)22-15(21)20-12-17(11-18,13-20)19(4)10-14-8-6-5-7-9-14/h5-9H,10,12-13H2,1-4H3. The van der Waals surface area contributed by atoms with Gasteiger partial charge in [0.05, 0.1) is 19.2 Å². The van der Waals surface area contributed by atoms with Gasteiger partial charge in [-0.1, -0.05) is 30.3 Å². The van der Waals surface area contributed by atoms with Crippen molar-refractivity contribution in [3.05, 3.63) is 35.9 Å². The van der Waals surface area contributed by atoms with Gasteiger partial charge < -0.3 is 9.64 Å². The predicted molar refractivity (Wildman–Crippen MR) is 84.1 cm³/mol. The molecule has 118 valence electrons. The summed E-state index contributed by atoms with van der Waals surface area (Å²) in [5.74, 6) is 0. The number of hydrogen-bond acceptors (Lipinski definition) is 4. The van der Waals surface area contributed by atoms with E-state index in [0.29, 0.717) is 19.6 Å². The molecule has 0 N–H and O–H groups in total. The fourth-order valence-corrected chi connectivity index (χ4v) is 2.45. The summed E-state index contributed by atoms with van der Waals surface area (Å²) in [6.45, 7) is 6.94. The average molecular weight is 301 g/mol. The van der Waals surface area contributed by atoms with Gasteiger partial charge in [0.1, 0.15) is 11.1 Å². The topological polar surface area (TPSA) is 56.6 Å². The molecular weight excluding hydrogens is 278 g/mol. The van der Waals surface area contributed by atoms with Gasteiger partial charge in [-0.05, 0) is 33.4 Å². The van der Waals surface area contributed by atoms with Gasteiger partial charge in [0.2, 0.25) is 0 Å². The molecule has 22 heavy (non-hydrogen) atoms. The Hall–Kier alpha value is -2.06. The fourth-order valence-electron chi connectivity index (χ4n) is 2.45. The van der Waals surface area contributed by atoms with Gasteiger partial charge >= 0.3 is 6.09 Å². The van der Waals surface area contributed by atoms with Crippen LogP contribution in [0.2, 0.25) is 0 Å². The van der Waals surface area contributed by atoms with Crippen LogP contribution in [-0.2, 0) is 11.3 Å². The molecule has 0 aliphatic carbocycles. The Balaban J connectivity index is 1.96. The molecule has 1 fully saturated rings. The third kappa shape index (κ3) is 3.58. The molecular formula is C17H23N3O2. The highest BCUT2D eigenvalue weighted by Gasteiger charge is 2.49. The number of carbonyl (C=O) groups excluding carboxylic acids is 1. The maximum Gasteiger partial charge on any atom is 0.410 e. The molecule has 0 radical (unpaired) electrons. The van der Waals surface area contributed by atoms with E-state index in [9.17, 15) is 10.1 Å². The first-order valence-corrected chi connectivity index (χ1v) is 7.40. The van der Waals surface area contributed by atoms with Crippen molar-refractivity contribution in [1.82, 2.24) is 9.80 Å². The second-order valence-corrected chi connectivity index (χ2v) is 6.82. The van der Waals surface area contributed by atoms with Gasteiger partial charge in [0.15, 0.2) is 0 Å². The maximum atomic E-state index is 12.0. The summed E-state index contributed by atoms with van der Waals surface area (Å²) < 4.78 is 5.34. The van der Waals surface area contributed by atoms with E-state index in [4.69, 9.17) is 4.74 Å². The summed E-state index contributed by atoms with van der Waals surface area (Å²) in [5.41, 5.74) is 0.000314. The molecule has 0 bridgehead atoms. The molecule has 5 heteroatoms. The van der Waals surface area contributed by atoms with Crippen LogP contribution in [0.3, 0.4) is 0 Å². The number of carbonyl (C=O) groups is 1. The second-order valence-electron chi connectivity index (χ2n) is 6.82. The van der Waals surface area contributed by atoms with Gasteiger partial charge in [-0.15, -0.1) is 0 Å². The van der Waals surface area contributed by atoms with Crippen LogP contribution in [0.25, 0.3) is 0 Å². The lowest BCUT2D eigenvalue weighted by Crippen LogP contribution is -2.69. The van der Waals surface area contributed by atoms with Crippen LogP contribution in [0.15, 0.2) is 30.3 Å². The van der Waals surface area contributed by atoms with E-state index < -0.39 is 11.1 Å². The second kappa shape index (κ2) is 5.98. The normalized spacial score (nSPS) is 16.8. The summed E-state index contributed by atoms with van der Waals surface area (Å²) >= 11 is 0. The van der Waals surface area contributed by atoms with Gasteiger partial charge in [0.25, 0.3) is 0 Å². The van der Waals surface area contributed by atoms with Crippen LogP contribution in [-0.4, -0.2) is 47.2 Å². The summed E-state index contributed by atoms with van der Waals surface area (Å²) in [6.07, 6.45) is -0.355. The largest absolute Gasteiger partial charge is 0.444 e. The molecule has 1 aromatic carbocycles. The maximum absolute atomic E-state index is 12.0. The summed E-state index contributed by atoms with van der Waals surface area (Å²) in [4.78, 5) is 15.6. The molecule has 0 unspecified atom stereocenters. The highest BCUT2D eigenvalue weighted by molar-refractivity contribution is 5.70. The monoisotopic (exact) mass is 301 g/mol. The number of nitriles is 1. The Labute approximate surface area is 132 Å². The molecule has 1 amide bonds. The third-order valence-electron chi connectivity index (χ3n) is 3.76. The average Bonchev–Trinajstić information content (AvgIpc) is 2.37. The number of nitrogens with zero attached hydrogens (tertiary/aromatic N) is 3. The van der Waals surface area contributed by atoms with E-state index in [1.807, 2.05) is 63.1 Å². The van der Waals surface area contributed by atoms with Crippen LogP contribution in [0.1, 0.15) is 26.3 Å². The Morgan fingerprint density at radius 3 is 2.45 bits per heavy atom. The zero-order valence-electron chi connectivity index (χ0n) is 13.7. The summed E-state index contributed by atoms with van der Waals surface area (Å²) in [6, 6.07) is 12.4. The number of benzene rings is 1. The van der Waals surface area contributed by atoms with Crippen molar-refractivity contribution < 1.29 is 9.53 Å². The molecule has 1 aliphatic rings. The molecule has 1 heterocycles. The minimum absolute atomic E-state index is 0.355. The van der Waals surface area contributed by atoms with Crippen LogP contribution in [0.4, 0.5) is 4.79 Å². The van der Waals surface area contributed by atoms with Crippen LogP contribution in [0.5, 0.6) is 0 Å². The molecule has 2 rings (SSSR count). The number of likely N-dealkylation sites (tertiary alicyclic amines) is 1. The Kier molecular flexibility index (Phi) is 4.43. The number of ether oxygens (including phenoxy) is 1. The first-order valence-electron chi connectivity index (χ1n) is 7.40. The van der Waals surface area contributed by atoms with Crippen molar-refractivity contribution in [3.8, 4) is 6.07 Å². The van der Waals surface area contributed by atoms with E-state index >= 15 is 0 Å². The van der Waals surface area contributed by atoms with E-state index in [-0.39, 0.29) is 6.09 Å². The van der Waals surface area contributed by atoms with Crippen LogP contribution < -0.4 is 0 Å². The van der Waals surface area contributed by atoms with Crippen molar-refractivity contribution >= 4 is 6.09 Å². The van der Waals surface area contributed by atoms with Gasteiger partial charge in [0, 0.05) is 6.54 Å². The number of amides is 1. The lowest BCUT2D eigenvalue weighted by atomic mass is 9.89. The zero-order chi connectivity index (χ0) is 16.4. The quantitative estimate of drug-likeness (QED) is 0.861. The van der Waals surface area contributed by atoms with Crippen molar-refractivity contribution in [3.63, 3.8) is 0 Å². The van der Waals surface area contributed by atoms with Gasteiger partial charge in [-0.2, -0.15) is 5.26 Å². The molecule has 1 aromatic rings. The SMILES string of the molecule is CN(Cc1ccccc1)C1(C#N)CN(C(=O)OC(C)(C)C)C1. The van der Waals surface area contributed by atoms with Crippen molar-refractivity contribution in [2.24, 2.45) is 0 Å². The molecule has 1 aliphatic heterocycles. The summed E-state index contributed by atoms with van der Waals surface area (Å²) in [7, 11) is 1.92. The van der Waals surface area contributed by atoms with E-state index in [2.05, 4.69) is 6.07 Å². The zero-order valence-corrected chi connectivity index (χ0v) is 13.7. The molecule has 0 aromatic heterocycles. The number of hydrogen-bond donors (Lipinski definition) is 0. The summed E-state index contributed by atoms with van der Waals surface area (Å²) in [5, 5.41) is 9.55. The lowest BCUT2D eigenvalue weighted by Gasteiger charge is -2.50. The van der Waals surface area contributed by atoms with Gasteiger partial charge in [-0.25, -0.2) is 4.79 Å². The van der Waals surface area contributed by atoms with E-state index in [0.717, 1.165) is 5.56 Å². The van der Waals surface area contributed by atoms with Gasteiger partial charge in [-0.3, -0.25) is 4.90 Å². The molecule has 5 nitrogen and oxygen atoms in total. The Bertz CT molecular complexity index is 566. The molecule has 0 spiro atoms. The third-order valence-corrected chi connectivity index (χ3v) is 3.76. The minimum atomic E-state index is -0.632. The lowest BCUT2D eigenvalue weighted by molar-refractivity contribution is -0.0346. The first-order chi connectivity index (χ1) is 10.3.